The first-order valence-corrected chi connectivity index (χ1v) is 9.43. The number of rotatable bonds is 9. The monoisotopic (exact) mass is 382 g/mol. The predicted molar refractivity (Wildman–Crippen MR) is 89.0 cm³/mol. The Labute approximate surface area is 134 Å². The standard InChI is InChI=1S/C13H20BrClN2O2S/c1-2-7-16-8-3-4-9-20(18,19)17-11-5-6-13(15)12(14)10-11/h5-6,10,16-17H,2-4,7-9H2,1H3. The van der Waals surface area contributed by atoms with Crippen molar-refractivity contribution in [3.8, 4) is 0 Å². The van der Waals surface area contributed by atoms with Gasteiger partial charge in [0.1, 0.15) is 0 Å². The van der Waals surface area contributed by atoms with E-state index in [0.717, 1.165) is 25.9 Å². The summed E-state index contributed by atoms with van der Waals surface area (Å²) in [6, 6.07) is 4.95. The van der Waals surface area contributed by atoms with Crippen molar-refractivity contribution in [2.45, 2.75) is 26.2 Å². The minimum Gasteiger partial charge on any atom is -0.317 e. The van der Waals surface area contributed by atoms with E-state index in [2.05, 4.69) is 32.9 Å². The summed E-state index contributed by atoms with van der Waals surface area (Å²) in [6.45, 7) is 3.94. The zero-order valence-corrected chi connectivity index (χ0v) is 14.6. The third-order valence-corrected chi connectivity index (χ3v) is 5.22. The van der Waals surface area contributed by atoms with Gasteiger partial charge < -0.3 is 5.32 Å². The number of hydrogen-bond donors (Lipinski definition) is 2. The number of anilines is 1. The van der Waals surface area contributed by atoms with E-state index in [0.29, 0.717) is 21.6 Å². The van der Waals surface area contributed by atoms with Crippen LogP contribution in [0.25, 0.3) is 0 Å². The molecule has 0 aliphatic heterocycles. The van der Waals surface area contributed by atoms with Crippen molar-refractivity contribution in [2.75, 3.05) is 23.6 Å². The molecular weight excluding hydrogens is 364 g/mol. The first kappa shape index (κ1) is 17.8. The molecule has 0 unspecified atom stereocenters. The van der Waals surface area contributed by atoms with Crippen LogP contribution in [0.1, 0.15) is 26.2 Å². The van der Waals surface area contributed by atoms with E-state index in [1.54, 1.807) is 18.2 Å². The quantitative estimate of drug-likeness (QED) is 0.640. The molecule has 1 rings (SSSR count). The number of unbranched alkanes of at least 4 members (excludes halogenated alkanes) is 1. The van der Waals surface area contributed by atoms with Gasteiger partial charge in [-0.2, -0.15) is 0 Å². The van der Waals surface area contributed by atoms with Crippen molar-refractivity contribution in [1.82, 2.24) is 5.32 Å². The van der Waals surface area contributed by atoms with Crippen LogP contribution in [0.4, 0.5) is 5.69 Å². The zero-order chi connectivity index (χ0) is 15.0. The molecule has 0 heterocycles. The number of nitrogens with one attached hydrogen (secondary N) is 2. The maximum atomic E-state index is 11.9. The summed E-state index contributed by atoms with van der Waals surface area (Å²) >= 11 is 9.13. The second-order valence-electron chi connectivity index (χ2n) is 4.51. The molecule has 0 saturated carbocycles. The van der Waals surface area contributed by atoms with Crippen LogP contribution >= 0.6 is 27.5 Å². The minimum atomic E-state index is -3.30. The maximum Gasteiger partial charge on any atom is 0.232 e. The second-order valence-corrected chi connectivity index (χ2v) is 7.61. The largest absolute Gasteiger partial charge is 0.317 e. The van der Waals surface area contributed by atoms with Gasteiger partial charge in [0.05, 0.1) is 10.8 Å². The average molecular weight is 384 g/mol. The molecule has 0 bridgehead atoms. The van der Waals surface area contributed by atoms with Crippen molar-refractivity contribution >= 4 is 43.2 Å². The molecule has 7 heteroatoms. The van der Waals surface area contributed by atoms with Gasteiger partial charge in [-0.05, 0) is 66.5 Å². The van der Waals surface area contributed by atoms with E-state index in [1.807, 2.05) is 0 Å². The molecule has 0 aliphatic carbocycles. The van der Waals surface area contributed by atoms with Gasteiger partial charge in [-0.15, -0.1) is 0 Å². The SMILES string of the molecule is CCCNCCCCS(=O)(=O)Nc1ccc(Cl)c(Br)c1. The Balaban J connectivity index is 2.39. The van der Waals surface area contributed by atoms with Crippen LogP contribution < -0.4 is 10.0 Å². The van der Waals surface area contributed by atoms with Gasteiger partial charge in [-0.1, -0.05) is 18.5 Å². The highest BCUT2D eigenvalue weighted by atomic mass is 79.9. The highest BCUT2D eigenvalue weighted by Gasteiger charge is 2.10. The number of benzene rings is 1. The van der Waals surface area contributed by atoms with Crippen LogP contribution in [-0.2, 0) is 10.0 Å². The Hall–Kier alpha value is -0.300. The van der Waals surface area contributed by atoms with E-state index >= 15 is 0 Å². The molecular formula is C13H20BrClN2O2S. The first-order chi connectivity index (χ1) is 9.44. The van der Waals surface area contributed by atoms with Crippen LogP contribution in [0.5, 0.6) is 0 Å². The highest BCUT2D eigenvalue weighted by molar-refractivity contribution is 9.10. The fourth-order valence-corrected chi connectivity index (χ4v) is 3.30. The Morgan fingerprint density at radius 1 is 1.25 bits per heavy atom. The normalized spacial score (nSPS) is 11.6. The fraction of sp³-hybridized carbons (Fsp3) is 0.538. The molecule has 0 atom stereocenters. The summed E-state index contributed by atoms with van der Waals surface area (Å²) < 4.78 is 27.0. The molecule has 0 fully saturated rings. The number of hydrogen-bond acceptors (Lipinski definition) is 3. The lowest BCUT2D eigenvalue weighted by Gasteiger charge is -2.09. The number of sulfonamides is 1. The van der Waals surface area contributed by atoms with Crippen molar-refractivity contribution in [3.63, 3.8) is 0 Å². The molecule has 0 amide bonds. The molecule has 114 valence electrons. The molecule has 0 aromatic heterocycles. The fourth-order valence-electron chi connectivity index (χ4n) is 1.63. The van der Waals surface area contributed by atoms with Gasteiger partial charge in [0, 0.05) is 10.2 Å². The predicted octanol–water partition coefficient (Wildman–Crippen LogP) is 3.62. The summed E-state index contributed by atoms with van der Waals surface area (Å²) in [7, 11) is -3.30. The van der Waals surface area contributed by atoms with E-state index in [4.69, 9.17) is 11.6 Å². The molecule has 0 radical (unpaired) electrons. The van der Waals surface area contributed by atoms with E-state index in [1.165, 1.54) is 0 Å². The molecule has 0 aliphatic rings. The molecule has 1 aromatic carbocycles. The van der Waals surface area contributed by atoms with Crippen molar-refractivity contribution < 1.29 is 8.42 Å². The van der Waals surface area contributed by atoms with Gasteiger partial charge in [-0.25, -0.2) is 8.42 Å². The van der Waals surface area contributed by atoms with E-state index in [-0.39, 0.29) is 5.75 Å². The lowest BCUT2D eigenvalue weighted by atomic mass is 10.3. The summed E-state index contributed by atoms with van der Waals surface area (Å²) in [6.07, 6.45) is 2.58. The summed E-state index contributed by atoms with van der Waals surface area (Å²) in [5.74, 6) is 0.126. The van der Waals surface area contributed by atoms with Crippen molar-refractivity contribution in [3.05, 3.63) is 27.7 Å². The second kappa shape index (κ2) is 8.87. The molecule has 1 aromatic rings. The smallest absolute Gasteiger partial charge is 0.232 e. The van der Waals surface area contributed by atoms with Gasteiger partial charge in [0.25, 0.3) is 0 Å². The minimum absolute atomic E-state index is 0.126. The van der Waals surface area contributed by atoms with Gasteiger partial charge in [0.15, 0.2) is 0 Å². The van der Waals surface area contributed by atoms with Crippen LogP contribution in [-0.4, -0.2) is 27.3 Å². The first-order valence-electron chi connectivity index (χ1n) is 6.61. The molecule has 2 N–H and O–H groups in total. The van der Waals surface area contributed by atoms with Crippen molar-refractivity contribution in [1.29, 1.82) is 0 Å². The Bertz CT molecular complexity index is 523. The van der Waals surface area contributed by atoms with Crippen LogP contribution in [0, 0.1) is 0 Å². The van der Waals surface area contributed by atoms with E-state index < -0.39 is 10.0 Å². The lowest BCUT2D eigenvalue weighted by molar-refractivity contribution is 0.590. The highest BCUT2D eigenvalue weighted by Crippen LogP contribution is 2.26. The zero-order valence-electron chi connectivity index (χ0n) is 11.5. The van der Waals surface area contributed by atoms with Gasteiger partial charge in [0.2, 0.25) is 10.0 Å². The Morgan fingerprint density at radius 2 is 2.00 bits per heavy atom. The molecule has 4 nitrogen and oxygen atoms in total. The van der Waals surface area contributed by atoms with Crippen LogP contribution in [0.15, 0.2) is 22.7 Å². The topological polar surface area (TPSA) is 58.2 Å². The molecule has 0 spiro atoms. The number of halogens is 2. The van der Waals surface area contributed by atoms with E-state index in [9.17, 15) is 8.42 Å². The summed E-state index contributed by atoms with van der Waals surface area (Å²) in [4.78, 5) is 0. The molecule has 20 heavy (non-hydrogen) atoms. The summed E-state index contributed by atoms with van der Waals surface area (Å²) in [5.41, 5.74) is 0.519. The Morgan fingerprint density at radius 3 is 2.65 bits per heavy atom. The Kier molecular flexibility index (Phi) is 7.87. The lowest BCUT2D eigenvalue weighted by Crippen LogP contribution is -2.19. The average Bonchev–Trinajstić information content (AvgIpc) is 2.38. The van der Waals surface area contributed by atoms with Gasteiger partial charge >= 0.3 is 0 Å². The van der Waals surface area contributed by atoms with Crippen molar-refractivity contribution in [2.24, 2.45) is 0 Å². The molecule has 0 saturated heterocycles. The summed E-state index contributed by atoms with van der Waals surface area (Å²) in [5, 5.41) is 3.80. The van der Waals surface area contributed by atoms with Crippen LogP contribution in [0.3, 0.4) is 0 Å². The third-order valence-electron chi connectivity index (χ3n) is 2.64. The van der Waals surface area contributed by atoms with Crippen LogP contribution in [0.2, 0.25) is 5.02 Å². The van der Waals surface area contributed by atoms with Gasteiger partial charge in [-0.3, -0.25) is 4.72 Å². The third kappa shape index (κ3) is 6.92. The maximum absolute atomic E-state index is 11.9.